The molecule has 1 unspecified atom stereocenters. The summed E-state index contributed by atoms with van der Waals surface area (Å²) in [5.74, 6) is -2.27. The number of anilines is 1. The van der Waals surface area contributed by atoms with Gasteiger partial charge in [-0.05, 0) is 75.5 Å². The molecule has 5 atom stereocenters. The molecule has 0 bridgehead atoms. The monoisotopic (exact) mass is 674 g/mol. The van der Waals surface area contributed by atoms with Gasteiger partial charge in [-0.2, -0.15) is 0 Å². The average molecular weight is 676 g/mol. The SMILES string of the molecule is CCN(CC)C(=O)[C@@H]1CC[C@@H](NC(=O)C2NC3(CCC(C)(C)CC3)[C@@]3(C(=O)Nc4nc(Cl)ccc43)[C@H]2c2ccnc(Cl)c2F)CO1. The van der Waals surface area contributed by atoms with Crippen LogP contribution in [0, 0.1) is 11.2 Å². The molecule has 2 aromatic heterocycles. The second-order valence-electron chi connectivity index (χ2n) is 13.8. The van der Waals surface area contributed by atoms with Gasteiger partial charge in [0.15, 0.2) is 11.0 Å². The summed E-state index contributed by atoms with van der Waals surface area (Å²) in [5, 5.41) is 9.56. The van der Waals surface area contributed by atoms with E-state index < -0.39 is 34.8 Å². The number of ether oxygens (including phenoxy) is 1. The van der Waals surface area contributed by atoms with Gasteiger partial charge < -0.3 is 20.3 Å². The van der Waals surface area contributed by atoms with Crippen molar-refractivity contribution in [1.82, 2.24) is 25.5 Å². The fraction of sp³-hybridized carbons (Fsp3) is 0.606. The van der Waals surface area contributed by atoms with Gasteiger partial charge in [-0.1, -0.05) is 43.1 Å². The highest BCUT2D eigenvalue weighted by Gasteiger charge is 2.73. The molecule has 2 aromatic rings. The lowest BCUT2D eigenvalue weighted by molar-refractivity contribution is -0.147. The Kier molecular flexibility index (Phi) is 8.84. The lowest BCUT2D eigenvalue weighted by Gasteiger charge is -2.50. The normalized spacial score (nSPS) is 29.4. The molecule has 5 heterocycles. The molecule has 3 N–H and O–H groups in total. The third kappa shape index (κ3) is 5.27. The van der Waals surface area contributed by atoms with E-state index in [0.29, 0.717) is 50.2 Å². The van der Waals surface area contributed by atoms with Crippen molar-refractivity contribution in [2.45, 2.75) is 101 Å². The van der Waals surface area contributed by atoms with Crippen molar-refractivity contribution in [3.8, 4) is 0 Å². The zero-order chi connectivity index (χ0) is 33.0. The van der Waals surface area contributed by atoms with Gasteiger partial charge >= 0.3 is 0 Å². The molecule has 4 aliphatic rings. The molecule has 0 aromatic carbocycles. The first-order chi connectivity index (χ1) is 21.9. The van der Waals surface area contributed by atoms with Crippen molar-refractivity contribution in [2.75, 3.05) is 25.0 Å². The zero-order valence-electron chi connectivity index (χ0n) is 26.6. The molecular formula is C33H41Cl2FN6O4. The van der Waals surface area contributed by atoms with Gasteiger partial charge in [-0.3, -0.25) is 19.7 Å². The summed E-state index contributed by atoms with van der Waals surface area (Å²) < 4.78 is 22.0. The molecule has 1 saturated carbocycles. The maximum absolute atomic E-state index is 16.1. The Morgan fingerprint density at radius 2 is 1.83 bits per heavy atom. The number of rotatable bonds is 6. The Morgan fingerprint density at radius 3 is 2.48 bits per heavy atom. The van der Waals surface area contributed by atoms with Gasteiger partial charge in [0, 0.05) is 36.3 Å². The number of nitrogens with one attached hydrogen (secondary N) is 3. The van der Waals surface area contributed by atoms with Crippen molar-refractivity contribution < 1.29 is 23.5 Å². The zero-order valence-corrected chi connectivity index (χ0v) is 28.1. The van der Waals surface area contributed by atoms with E-state index in [4.69, 9.17) is 27.9 Å². The van der Waals surface area contributed by atoms with Crippen LogP contribution in [-0.2, 0) is 24.5 Å². The van der Waals surface area contributed by atoms with Crippen LogP contribution in [0.25, 0.3) is 0 Å². The number of halogens is 3. The number of fused-ring (bicyclic) bond motifs is 3. The molecule has 3 aliphatic heterocycles. The van der Waals surface area contributed by atoms with Gasteiger partial charge in [0.05, 0.1) is 18.7 Å². The van der Waals surface area contributed by atoms with Gasteiger partial charge in [0.2, 0.25) is 11.8 Å². The second-order valence-corrected chi connectivity index (χ2v) is 14.5. The molecule has 13 heteroatoms. The minimum Gasteiger partial charge on any atom is -0.366 e. The van der Waals surface area contributed by atoms with E-state index in [1.54, 1.807) is 17.0 Å². The molecule has 2 spiro atoms. The standard InChI is InChI=1S/C33H41Cl2FN6O4/c1-5-42(6-2)29(44)21-9-7-18(17-46-21)38-28(43)25-23(19-11-16-37-26(35)24(19)36)33(32(41-25)14-12-31(3,4)13-15-32)20-8-10-22(34)39-27(20)40-30(33)45/h8,10-11,16,18,21,23,25,41H,5-7,9,12-15,17H2,1-4H3,(H,38,43)(H,39,40,45)/t18-,21+,23+,25?,33-/m1/s1. The molecule has 46 heavy (non-hydrogen) atoms. The largest absolute Gasteiger partial charge is 0.366 e. The lowest BCUT2D eigenvalue weighted by atomic mass is 9.53. The van der Waals surface area contributed by atoms with Crippen LogP contribution in [0.2, 0.25) is 10.3 Å². The molecule has 6 rings (SSSR count). The number of pyridine rings is 2. The molecule has 3 amide bonds. The molecule has 1 aliphatic carbocycles. The van der Waals surface area contributed by atoms with Crippen LogP contribution >= 0.6 is 23.2 Å². The summed E-state index contributed by atoms with van der Waals surface area (Å²) in [6.45, 7) is 9.59. The highest BCUT2D eigenvalue weighted by molar-refractivity contribution is 6.30. The number of carbonyl (C=O) groups excluding carboxylic acids is 3. The number of aromatic nitrogens is 2. The topological polar surface area (TPSA) is 126 Å². The third-order valence-corrected chi connectivity index (χ3v) is 11.3. The van der Waals surface area contributed by atoms with Crippen molar-refractivity contribution in [3.63, 3.8) is 0 Å². The van der Waals surface area contributed by atoms with E-state index in [1.807, 2.05) is 13.8 Å². The number of likely N-dealkylation sites (N-methyl/N-ethyl adjacent to an activating group) is 1. The van der Waals surface area contributed by atoms with Crippen molar-refractivity contribution in [3.05, 3.63) is 51.6 Å². The van der Waals surface area contributed by atoms with Crippen molar-refractivity contribution in [1.29, 1.82) is 0 Å². The molecule has 248 valence electrons. The van der Waals surface area contributed by atoms with Crippen LogP contribution < -0.4 is 16.0 Å². The Hall–Kier alpha value is -2.86. The fourth-order valence-corrected chi connectivity index (χ4v) is 8.60. The van der Waals surface area contributed by atoms with Gasteiger partial charge in [0.1, 0.15) is 22.5 Å². The molecule has 2 saturated heterocycles. The van der Waals surface area contributed by atoms with Crippen LogP contribution in [0.4, 0.5) is 10.2 Å². The number of hydrogen-bond donors (Lipinski definition) is 3. The Morgan fingerprint density at radius 1 is 1.11 bits per heavy atom. The number of nitrogens with zero attached hydrogens (tertiary/aromatic N) is 3. The maximum Gasteiger partial charge on any atom is 0.251 e. The number of carbonyl (C=O) groups is 3. The smallest absolute Gasteiger partial charge is 0.251 e. The lowest BCUT2D eigenvalue weighted by Crippen LogP contribution is -2.61. The summed E-state index contributed by atoms with van der Waals surface area (Å²) in [6, 6.07) is 3.50. The summed E-state index contributed by atoms with van der Waals surface area (Å²) in [7, 11) is 0. The Balaban J connectivity index is 1.40. The summed E-state index contributed by atoms with van der Waals surface area (Å²) >= 11 is 12.5. The first-order valence-electron chi connectivity index (χ1n) is 16.1. The van der Waals surface area contributed by atoms with Crippen LogP contribution in [0.15, 0.2) is 24.4 Å². The number of amides is 3. The van der Waals surface area contributed by atoms with Crippen LogP contribution in [0.3, 0.4) is 0 Å². The van der Waals surface area contributed by atoms with E-state index in [1.165, 1.54) is 12.3 Å². The first-order valence-corrected chi connectivity index (χ1v) is 16.9. The number of hydrogen-bond acceptors (Lipinski definition) is 7. The van der Waals surface area contributed by atoms with Gasteiger partial charge in [0.25, 0.3) is 5.91 Å². The Bertz CT molecular complexity index is 1540. The minimum absolute atomic E-state index is 0.0177. The van der Waals surface area contributed by atoms with E-state index in [2.05, 4.69) is 39.8 Å². The van der Waals surface area contributed by atoms with E-state index >= 15 is 4.39 Å². The van der Waals surface area contributed by atoms with Crippen molar-refractivity contribution >= 4 is 46.7 Å². The highest BCUT2D eigenvalue weighted by atomic mass is 35.5. The first kappa shape index (κ1) is 33.1. The second kappa shape index (κ2) is 12.3. The third-order valence-electron chi connectivity index (χ3n) is 10.8. The molecule has 0 radical (unpaired) electrons. The van der Waals surface area contributed by atoms with Gasteiger partial charge in [-0.25, -0.2) is 14.4 Å². The minimum atomic E-state index is -1.41. The van der Waals surface area contributed by atoms with E-state index in [0.717, 1.165) is 12.8 Å². The van der Waals surface area contributed by atoms with Crippen LogP contribution in [0.5, 0.6) is 0 Å². The highest BCUT2D eigenvalue weighted by Crippen LogP contribution is 2.63. The van der Waals surface area contributed by atoms with Gasteiger partial charge in [-0.15, -0.1) is 0 Å². The van der Waals surface area contributed by atoms with Crippen LogP contribution in [-0.4, -0.2) is 76.0 Å². The molecular weight excluding hydrogens is 634 g/mol. The average Bonchev–Trinajstić information content (AvgIpc) is 3.49. The van der Waals surface area contributed by atoms with E-state index in [-0.39, 0.29) is 51.7 Å². The van der Waals surface area contributed by atoms with Crippen LogP contribution in [0.1, 0.15) is 83.3 Å². The molecule has 3 fully saturated rings. The van der Waals surface area contributed by atoms with Crippen molar-refractivity contribution in [2.24, 2.45) is 5.41 Å². The Labute approximate surface area is 278 Å². The predicted molar refractivity (Wildman–Crippen MR) is 172 cm³/mol. The predicted octanol–water partition coefficient (Wildman–Crippen LogP) is 4.74. The molecule has 10 nitrogen and oxygen atoms in total. The summed E-state index contributed by atoms with van der Waals surface area (Å²) in [4.78, 5) is 52.0. The van der Waals surface area contributed by atoms with E-state index in [9.17, 15) is 14.4 Å². The quantitative estimate of drug-likeness (QED) is 0.378. The summed E-state index contributed by atoms with van der Waals surface area (Å²) in [6.07, 6.45) is 4.53. The maximum atomic E-state index is 16.1. The fourth-order valence-electron chi connectivity index (χ4n) is 8.29. The summed E-state index contributed by atoms with van der Waals surface area (Å²) in [5.41, 5.74) is -1.61.